The van der Waals surface area contributed by atoms with Gasteiger partial charge in [-0.3, -0.25) is 14.5 Å². The minimum atomic E-state index is -1.02. The third-order valence-electron chi connectivity index (χ3n) is 3.12. The summed E-state index contributed by atoms with van der Waals surface area (Å²) in [6.45, 7) is 3.77. The number of hydrogen-bond acceptors (Lipinski definition) is 3. The molecule has 0 aliphatic rings. The SMILES string of the molecule is CCC(C(N)=O)(c1ccccn1)n1ccc(C)n1. The molecule has 0 radical (unpaired) electrons. The van der Waals surface area contributed by atoms with E-state index < -0.39 is 11.4 Å². The lowest BCUT2D eigenvalue weighted by molar-refractivity contribution is -0.125. The van der Waals surface area contributed by atoms with E-state index in [1.807, 2.05) is 26.0 Å². The number of primary amides is 1. The van der Waals surface area contributed by atoms with Crippen LogP contribution in [0.5, 0.6) is 0 Å². The van der Waals surface area contributed by atoms with Crippen LogP contribution in [0.2, 0.25) is 0 Å². The number of carbonyl (C=O) groups excluding carboxylic acids is 1. The molecular weight excluding hydrogens is 228 g/mol. The van der Waals surface area contributed by atoms with Crippen LogP contribution in [0.1, 0.15) is 24.7 Å². The Morgan fingerprint density at radius 1 is 1.44 bits per heavy atom. The molecule has 0 saturated heterocycles. The molecule has 2 rings (SSSR count). The zero-order chi connectivity index (χ0) is 13.2. The van der Waals surface area contributed by atoms with Crippen LogP contribution in [0.4, 0.5) is 0 Å². The topological polar surface area (TPSA) is 73.8 Å². The molecule has 0 aromatic carbocycles. The first kappa shape index (κ1) is 12.3. The predicted octanol–water partition coefficient (Wildman–Crippen LogP) is 1.23. The number of nitrogens with zero attached hydrogens (tertiary/aromatic N) is 3. The smallest absolute Gasteiger partial charge is 0.251 e. The minimum absolute atomic E-state index is 0.452. The molecule has 2 N–H and O–H groups in total. The summed E-state index contributed by atoms with van der Waals surface area (Å²) >= 11 is 0. The Morgan fingerprint density at radius 2 is 2.22 bits per heavy atom. The van der Waals surface area contributed by atoms with Gasteiger partial charge in [0.25, 0.3) is 5.91 Å². The molecule has 0 spiro atoms. The van der Waals surface area contributed by atoms with E-state index >= 15 is 0 Å². The van der Waals surface area contributed by atoms with Crippen LogP contribution < -0.4 is 5.73 Å². The third-order valence-corrected chi connectivity index (χ3v) is 3.12. The molecule has 0 bridgehead atoms. The highest BCUT2D eigenvalue weighted by atomic mass is 16.1. The number of rotatable bonds is 4. The zero-order valence-corrected chi connectivity index (χ0v) is 10.5. The van der Waals surface area contributed by atoms with Crippen LogP contribution in [-0.4, -0.2) is 20.7 Å². The summed E-state index contributed by atoms with van der Waals surface area (Å²) < 4.78 is 1.60. The van der Waals surface area contributed by atoms with Gasteiger partial charge in [0, 0.05) is 12.4 Å². The van der Waals surface area contributed by atoms with Gasteiger partial charge >= 0.3 is 0 Å². The summed E-state index contributed by atoms with van der Waals surface area (Å²) in [5.74, 6) is -0.452. The molecule has 1 unspecified atom stereocenters. The molecule has 18 heavy (non-hydrogen) atoms. The summed E-state index contributed by atoms with van der Waals surface area (Å²) in [5, 5.41) is 4.33. The van der Waals surface area contributed by atoms with Crippen molar-refractivity contribution in [3.05, 3.63) is 48.0 Å². The first-order valence-electron chi connectivity index (χ1n) is 5.85. The first-order valence-corrected chi connectivity index (χ1v) is 5.85. The number of pyridine rings is 1. The van der Waals surface area contributed by atoms with Gasteiger partial charge in [-0.2, -0.15) is 5.10 Å². The largest absolute Gasteiger partial charge is 0.367 e. The van der Waals surface area contributed by atoms with Crippen LogP contribution >= 0.6 is 0 Å². The van der Waals surface area contributed by atoms with Gasteiger partial charge in [0.2, 0.25) is 0 Å². The Labute approximate surface area is 106 Å². The molecule has 2 heterocycles. The average Bonchev–Trinajstić information content (AvgIpc) is 2.79. The predicted molar refractivity (Wildman–Crippen MR) is 67.8 cm³/mol. The molecule has 94 valence electrons. The van der Waals surface area contributed by atoms with Crippen molar-refractivity contribution < 1.29 is 4.79 Å². The van der Waals surface area contributed by atoms with Crippen LogP contribution in [0.15, 0.2) is 36.7 Å². The molecule has 5 nitrogen and oxygen atoms in total. The fourth-order valence-corrected chi connectivity index (χ4v) is 2.11. The number of amides is 1. The standard InChI is InChI=1S/C13H16N4O/c1-3-13(12(14)18,11-6-4-5-8-15-11)17-9-7-10(2)16-17/h4-9H,3H2,1-2H3,(H2,14,18). The van der Waals surface area contributed by atoms with E-state index in [0.29, 0.717) is 12.1 Å². The lowest BCUT2D eigenvalue weighted by atomic mass is 9.90. The van der Waals surface area contributed by atoms with Crippen LogP contribution in [-0.2, 0) is 10.3 Å². The quantitative estimate of drug-likeness (QED) is 0.879. The summed E-state index contributed by atoms with van der Waals surface area (Å²) in [6.07, 6.45) is 3.91. The monoisotopic (exact) mass is 244 g/mol. The van der Waals surface area contributed by atoms with E-state index in [2.05, 4.69) is 10.1 Å². The first-order chi connectivity index (χ1) is 8.61. The van der Waals surface area contributed by atoms with Gasteiger partial charge in [-0.25, -0.2) is 0 Å². The highest BCUT2D eigenvalue weighted by Gasteiger charge is 2.40. The van der Waals surface area contributed by atoms with Crippen LogP contribution in [0, 0.1) is 6.92 Å². The van der Waals surface area contributed by atoms with Crippen molar-refractivity contribution in [3.63, 3.8) is 0 Å². The summed E-state index contributed by atoms with van der Waals surface area (Å²) in [7, 11) is 0. The molecule has 2 aromatic heterocycles. The van der Waals surface area contributed by atoms with Gasteiger partial charge in [0.05, 0.1) is 11.4 Å². The molecule has 5 heteroatoms. The molecule has 0 fully saturated rings. The van der Waals surface area contributed by atoms with E-state index in [9.17, 15) is 4.79 Å². The van der Waals surface area contributed by atoms with E-state index in [1.54, 1.807) is 29.2 Å². The maximum atomic E-state index is 12.0. The maximum Gasteiger partial charge on any atom is 0.251 e. The second-order valence-corrected chi connectivity index (χ2v) is 4.19. The lowest BCUT2D eigenvalue weighted by Gasteiger charge is -2.29. The minimum Gasteiger partial charge on any atom is -0.367 e. The summed E-state index contributed by atoms with van der Waals surface area (Å²) in [6, 6.07) is 7.28. The van der Waals surface area contributed by atoms with Gasteiger partial charge in [0.15, 0.2) is 5.54 Å². The molecule has 0 aliphatic carbocycles. The second-order valence-electron chi connectivity index (χ2n) is 4.19. The van der Waals surface area contributed by atoms with Crippen molar-refractivity contribution in [2.45, 2.75) is 25.8 Å². The highest BCUT2D eigenvalue weighted by molar-refractivity contribution is 5.85. The maximum absolute atomic E-state index is 12.0. The van der Waals surface area contributed by atoms with E-state index in [1.165, 1.54) is 0 Å². The normalized spacial score (nSPS) is 14.1. The third kappa shape index (κ3) is 1.77. The molecule has 0 aliphatic heterocycles. The number of carbonyl (C=O) groups is 1. The van der Waals surface area contributed by atoms with E-state index in [0.717, 1.165) is 5.69 Å². The number of aromatic nitrogens is 3. The molecule has 1 atom stereocenters. The van der Waals surface area contributed by atoms with E-state index in [-0.39, 0.29) is 0 Å². The summed E-state index contributed by atoms with van der Waals surface area (Å²) in [4.78, 5) is 16.3. The van der Waals surface area contributed by atoms with Crippen molar-refractivity contribution in [2.75, 3.05) is 0 Å². The molecule has 2 aromatic rings. The molecular formula is C13H16N4O. The number of nitrogens with two attached hydrogens (primary N) is 1. The van der Waals surface area contributed by atoms with Gasteiger partial charge < -0.3 is 5.73 Å². The fraction of sp³-hybridized carbons (Fsp3) is 0.308. The Kier molecular flexibility index (Phi) is 3.14. The highest BCUT2D eigenvalue weighted by Crippen LogP contribution is 2.27. The molecule has 1 amide bonds. The van der Waals surface area contributed by atoms with Crippen molar-refractivity contribution in [2.24, 2.45) is 5.73 Å². The van der Waals surface area contributed by atoms with Gasteiger partial charge in [-0.15, -0.1) is 0 Å². The number of aryl methyl sites for hydroxylation is 1. The van der Waals surface area contributed by atoms with E-state index in [4.69, 9.17) is 5.73 Å². The van der Waals surface area contributed by atoms with Crippen molar-refractivity contribution in [1.29, 1.82) is 0 Å². The fourth-order valence-electron chi connectivity index (χ4n) is 2.11. The van der Waals surface area contributed by atoms with Crippen molar-refractivity contribution in [3.8, 4) is 0 Å². The summed E-state index contributed by atoms with van der Waals surface area (Å²) in [5.41, 5.74) is 6.05. The zero-order valence-electron chi connectivity index (χ0n) is 10.5. The Bertz CT molecular complexity index is 549. The Hall–Kier alpha value is -2.17. The van der Waals surface area contributed by atoms with Gasteiger partial charge in [-0.1, -0.05) is 13.0 Å². The Morgan fingerprint density at radius 3 is 2.67 bits per heavy atom. The lowest BCUT2D eigenvalue weighted by Crippen LogP contribution is -2.48. The van der Waals surface area contributed by atoms with Crippen LogP contribution in [0.3, 0.4) is 0 Å². The average molecular weight is 244 g/mol. The second kappa shape index (κ2) is 4.60. The van der Waals surface area contributed by atoms with Gasteiger partial charge in [0.1, 0.15) is 0 Å². The van der Waals surface area contributed by atoms with Crippen molar-refractivity contribution in [1.82, 2.24) is 14.8 Å². The Balaban J connectivity index is 2.64. The van der Waals surface area contributed by atoms with Crippen molar-refractivity contribution >= 4 is 5.91 Å². The number of hydrogen-bond donors (Lipinski definition) is 1. The van der Waals surface area contributed by atoms with Gasteiger partial charge in [-0.05, 0) is 31.5 Å². The van der Waals surface area contributed by atoms with Crippen LogP contribution in [0.25, 0.3) is 0 Å². The molecule has 0 saturated carbocycles.